The summed E-state index contributed by atoms with van der Waals surface area (Å²) in [6.45, 7) is 9.95. The van der Waals surface area contributed by atoms with E-state index in [2.05, 4.69) is 39.7 Å². The van der Waals surface area contributed by atoms with Crippen molar-refractivity contribution in [2.75, 3.05) is 5.32 Å². The van der Waals surface area contributed by atoms with Gasteiger partial charge in [-0.3, -0.25) is 19.7 Å². The molecule has 0 spiro atoms. The van der Waals surface area contributed by atoms with Crippen molar-refractivity contribution in [2.24, 2.45) is 5.41 Å². The summed E-state index contributed by atoms with van der Waals surface area (Å²) in [5.74, 6) is 0.149. The fourth-order valence-electron chi connectivity index (χ4n) is 4.40. The number of fused-ring (bicyclic) bond motifs is 1. The predicted octanol–water partition coefficient (Wildman–Crippen LogP) is 4.12. The van der Waals surface area contributed by atoms with E-state index in [1.165, 1.54) is 0 Å². The number of ketones is 1. The van der Waals surface area contributed by atoms with Gasteiger partial charge in [-0.05, 0) is 50.8 Å². The zero-order chi connectivity index (χ0) is 22.3. The smallest absolute Gasteiger partial charge is 0.272 e. The van der Waals surface area contributed by atoms with Gasteiger partial charge in [0.25, 0.3) is 5.91 Å². The Bertz CT molecular complexity index is 1110. The molecule has 4 rings (SSSR count). The molecule has 31 heavy (non-hydrogen) atoms. The molecule has 2 aromatic rings. The van der Waals surface area contributed by atoms with Gasteiger partial charge in [0.15, 0.2) is 11.5 Å². The van der Waals surface area contributed by atoms with Crippen LogP contribution in [-0.4, -0.2) is 32.9 Å². The zero-order valence-electron chi connectivity index (χ0n) is 18.7. The highest BCUT2D eigenvalue weighted by Gasteiger charge is 2.41. The summed E-state index contributed by atoms with van der Waals surface area (Å²) in [7, 11) is 0. The molecule has 7 heteroatoms. The molecule has 0 saturated heterocycles. The standard InChI is InChI=1S/C24H29N5O2/c1-13(2)25-23(31)21-20-16(10-9-15-8-6-7-14(3)26-15)19-17(27-22(20)29-28-21)11-24(4,5)12-18(19)30/h6-10,13,16H,11-12H2,1-5H3,(H,25,31)(H2,27,28,29)/b10-9+. The molecule has 162 valence electrons. The lowest BCUT2D eigenvalue weighted by Crippen LogP contribution is -2.35. The van der Waals surface area contributed by atoms with E-state index in [0.29, 0.717) is 23.5 Å². The number of aromatic amines is 1. The maximum atomic E-state index is 13.2. The molecule has 2 aromatic heterocycles. The Morgan fingerprint density at radius 2 is 2.06 bits per heavy atom. The van der Waals surface area contributed by atoms with Gasteiger partial charge in [-0.15, -0.1) is 0 Å². The molecule has 0 radical (unpaired) electrons. The number of H-pyrrole nitrogens is 1. The summed E-state index contributed by atoms with van der Waals surface area (Å²) < 4.78 is 0. The number of Topliss-reactive ketones (excluding diaryl/α,β-unsaturated/α-hetero) is 1. The number of aryl methyl sites for hydroxylation is 1. The van der Waals surface area contributed by atoms with Crippen LogP contribution in [0.15, 0.2) is 35.5 Å². The quantitative estimate of drug-likeness (QED) is 0.692. The Morgan fingerprint density at radius 1 is 1.29 bits per heavy atom. The number of anilines is 1. The number of rotatable bonds is 4. The fourth-order valence-corrected chi connectivity index (χ4v) is 4.40. The zero-order valence-corrected chi connectivity index (χ0v) is 18.7. The van der Waals surface area contributed by atoms with Gasteiger partial charge in [-0.2, -0.15) is 5.10 Å². The van der Waals surface area contributed by atoms with Crippen molar-refractivity contribution < 1.29 is 9.59 Å². The van der Waals surface area contributed by atoms with Crippen molar-refractivity contribution in [1.29, 1.82) is 0 Å². The Kier molecular flexibility index (Phi) is 5.29. The van der Waals surface area contributed by atoms with Crippen LogP contribution in [-0.2, 0) is 4.79 Å². The second-order valence-corrected chi connectivity index (χ2v) is 9.49. The predicted molar refractivity (Wildman–Crippen MR) is 121 cm³/mol. The van der Waals surface area contributed by atoms with Gasteiger partial charge in [-0.1, -0.05) is 26.0 Å². The Hall–Kier alpha value is -3.22. The number of hydrogen-bond donors (Lipinski definition) is 3. The van der Waals surface area contributed by atoms with Crippen molar-refractivity contribution in [3.8, 4) is 0 Å². The van der Waals surface area contributed by atoms with Crippen molar-refractivity contribution >= 4 is 23.6 Å². The van der Waals surface area contributed by atoms with E-state index in [1.807, 2.05) is 51.1 Å². The first-order valence-electron chi connectivity index (χ1n) is 10.7. The van der Waals surface area contributed by atoms with Crippen LogP contribution < -0.4 is 10.6 Å². The summed E-state index contributed by atoms with van der Waals surface area (Å²) in [6.07, 6.45) is 5.12. The topological polar surface area (TPSA) is 99.8 Å². The third-order valence-corrected chi connectivity index (χ3v) is 5.63. The lowest BCUT2D eigenvalue weighted by Gasteiger charge is -2.37. The number of nitrogens with one attached hydrogen (secondary N) is 3. The first kappa shape index (κ1) is 21.0. The molecular weight excluding hydrogens is 390 g/mol. The summed E-state index contributed by atoms with van der Waals surface area (Å²) >= 11 is 0. The molecule has 1 amide bonds. The average Bonchev–Trinajstić information content (AvgIpc) is 3.07. The minimum absolute atomic E-state index is 0.0197. The number of carbonyl (C=O) groups excluding carboxylic acids is 2. The van der Waals surface area contributed by atoms with E-state index in [1.54, 1.807) is 0 Å². The minimum atomic E-state index is -0.371. The van der Waals surface area contributed by atoms with E-state index in [-0.39, 0.29) is 29.1 Å². The van der Waals surface area contributed by atoms with Gasteiger partial charge in [0.05, 0.1) is 5.69 Å². The number of hydrogen-bond acceptors (Lipinski definition) is 5. The molecule has 7 nitrogen and oxygen atoms in total. The van der Waals surface area contributed by atoms with Crippen LogP contribution in [0.1, 0.15) is 73.9 Å². The summed E-state index contributed by atoms with van der Waals surface area (Å²) in [4.78, 5) is 30.6. The summed E-state index contributed by atoms with van der Waals surface area (Å²) in [6, 6.07) is 5.80. The molecule has 3 N–H and O–H groups in total. The highest BCUT2D eigenvalue weighted by atomic mass is 16.2. The van der Waals surface area contributed by atoms with Crippen molar-refractivity contribution in [1.82, 2.24) is 20.5 Å². The number of aromatic nitrogens is 3. The van der Waals surface area contributed by atoms with Crippen LogP contribution in [0.5, 0.6) is 0 Å². The van der Waals surface area contributed by atoms with Crippen molar-refractivity contribution in [3.05, 3.63) is 58.2 Å². The second-order valence-electron chi connectivity index (χ2n) is 9.49. The second kappa shape index (κ2) is 7.80. The van der Waals surface area contributed by atoms with Crippen molar-refractivity contribution in [3.63, 3.8) is 0 Å². The molecule has 2 aliphatic rings. The molecule has 1 aliphatic carbocycles. The number of nitrogens with zero attached hydrogens (tertiary/aromatic N) is 2. The molecular formula is C24H29N5O2. The number of amides is 1. The third-order valence-electron chi connectivity index (χ3n) is 5.63. The van der Waals surface area contributed by atoms with E-state index in [9.17, 15) is 9.59 Å². The van der Waals surface area contributed by atoms with Gasteiger partial charge >= 0.3 is 0 Å². The highest BCUT2D eigenvalue weighted by molar-refractivity contribution is 6.03. The molecule has 0 aromatic carbocycles. The number of pyridine rings is 1. The fraction of sp³-hybridized carbons (Fsp3) is 0.417. The maximum Gasteiger partial charge on any atom is 0.272 e. The highest BCUT2D eigenvalue weighted by Crippen LogP contribution is 2.47. The first-order valence-corrected chi connectivity index (χ1v) is 10.7. The molecule has 0 bridgehead atoms. The first-order chi connectivity index (χ1) is 14.6. The molecule has 0 saturated carbocycles. The van der Waals surface area contributed by atoms with Crippen LogP contribution in [0, 0.1) is 12.3 Å². The lowest BCUT2D eigenvalue weighted by molar-refractivity contribution is -0.118. The SMILES string of the molecule is Cc1cccc(/C=C/C2C3=C(CC(C)(C)CC3=O)Nc3[nH]nc(C(=O)NC(C)C)c32)n1. The normalized spacial score (nSPS) is 19.9. The Balaban J connectivity index is 1.82. The van der Waals surface area contributed by atoms with Crippen LogP contribution in [0.2, 0.25) is 0 Å². The van der Waals surface area contributed by atoms with Gasteiger partial charge in [0, 0.05) is 40.9 Å². The third kappa shape index (κ3) is 4.17. The number of allylic oxidation sites excluding steroid dienone is 3. The van der Waals surface area contributed by atoms with E-state index < -0.39 is 0 Å². The van der Waals surface area contributed by atoms with Crippen molar-refractivity contribution in [2.45, 2.75) is 59.4 Å². The average molecular weight is 420 g/mol. The molecule has 1 atom stereocenters. The van der Waals surface area contributed by atoms with Crippen LogP contribution in [0.25, 0.3) is 6.08 Å². The maximum absolute atomic E-state index is 13.2. The van der Waals surface area contributed by atoms with Crippen LogP contribution >= 0.6 is 0 Å². The molecule has 3 heterocycles. The van der Waals surface area contributed by atoms with Crippen LogP contribution in [0.4, 0.5) is 5.82 Å². The molecule has 1 aliphatic heterocycles. The van der Waals surface area contributed by atoms with E-state index in [0.717, 1.165) is 29.1 Å². The monoisotopic (exact) mass is 419 g/mol. The van der Waals surface area contributed by atoms with Crippen LogP contribution in [0.3, 0.4) is 0 Å². The number of carbonyl (C=O) groups is 2. The van der Waals surface area contributed by atoms with Gasteiger partial charge < -0.3 is 10.6 Å². The van der Waals surface area contributed by atoms with E-state index in [4.69, 9.17) is 0 Å². The Morgan fingerprint density at radius 3 is 2.77 bits per heavy atom. The Labute approximate surface area is 182 Å². The van der Waals surface area contributed by atoms with Gasteiger partial charge in [-0.25, -0.2) is 0 Å². The molecule has 0 fully saturated rings. The van der Waals surface area contributed by atoms with Gasteiger partial charge in [0.1, 0.15) is 5.82 Å². The lowest BCUT2D eigenvalue weighted by atomic mass is 9.70. The molecule has 1 unspecified atom stereocenters. The van der Waals surface area contributed by atoms with Gasteiger partial charge in [0.2, 0.25) is 0 Å². The largest absolute Gasteiger partial charge is 0.348 e. The minimum Gasteiger partial charge on any atom is -0.348 e. The summed E-state index contributed by atoms with van der Waals surface area (Å²) in [5, 5.41) is 13.5. The summed E-state index contributed by atoms with van der Waals surface area (Å²) in [5.41, 5.74) is 4.24. The van der Waals surface area contributed by atoms with E-state index >= 15 is 0 Å².